The van der Waals surface area contributed by atoms with E-state index in [0.717, 1.165) is 10.6 Å². The Morgan fingerprint density at radius 2 is 2.28 bits per heavy atom. The molecular formula is C13H13ClO3S. The molecule has 0 atom stereocenters. The lowest BCUT2D eigenvalue weighted by molar-refractivity contribution is 0.0525. The number of hydrogen-bond donors (Lipinski definition) is 0. The highest BCUT2D eigenvalue weighted by atomic mass is 35.5. The van der Waals surface area contributed by atoms with Gasteiger partial charge in [0.25, 0.3) is 0 Å². The van der Waals surface area contributed by atoms with Crippen LogP contribution in [0.1, 0.15) is 39.6 Å². The molecule has 0 saturated heterocycles. The third-order valence-electron chi connectivity index (χ3n) is 2.84. The van der Waals surface area contributed by atoms with Crippen LogP contribution in [-0.2, 0) is 4.74 Å². The Morgan fingerprint density at radius 1 is 1.56 bits per heavy atom. The molecular weight excluding hydrogens is 272 g/mol. The van der Waals surface area contributed by atoms with Crippen molar-refractivity contribution >= 4 is 35.1 Å². The molecule has 0 spiro atoms. The molecule has 0 unspecified atom stereocenters. The van der Waals surface area contributed by atoms with Crippen molar-refractivity contribution in [1.82, 2.24) is 0 Å². The normalized spacial score (nSPS) is 14.3. The summed E-state index contributed by atoms with van der Waals surface area (Å²) in [5, 5.41) is 0.455. The number of Topliss-reactive ketones (excluding diaryl/α,β-unsaturated/α-hetero) is 1. The van der Waals surface area contributed by atoms with E-state index in [4.69, 9.17) is 16.3 Å². The third kappa shape index (κ3) is 2.27. The van der Waals surface area contributed by atoms with E-state index in [0.29, 0.717) is 34.7 Å². The van der Waals surface area contributed by atoms with Gasteiger partial charge in [-0.25, -0.2) is 4.79 Å². The summed E-state index contributed by atoms with van der Waals surface area (Å²) in [6.45, 7) is 3.81. The Morgan fingerprint density at radius 3 is 2.94 bits per heavy atom. The van der Waals surface area contributed by atoms with Crippen LogP contribution in [0.3, 0.4) is 0 Å². The largest absolute Gasteiger partial charge is 0.462 e. The average Bonchev–Trinajstić information content (AvgIpc) is 2.33. The van der Waals surface area contributed by atoms with Gasteiger partial charge in [-0.15, -0.1) is 11.8 Å². The fourth-order valence-corrected chi connectivity index (χ4v) is 3.46. The molecule has 96 valence electrons. The number of esters is 1. The van der Waals surface area contributed by atoms with Crippen molar-refractivity contribution in [2.75, 3.05) is 12.4 Å². The smallest absolute Gasteiger partial charge is 0.338 e. The summed E-state index contributed by atoms with van der Waals surface area (Å²) in [5.41, 5.74) is 1.64. The summed E-state index contributed by atoms with van der Waals surface area (Å²) in [6, 6.07) is 1.60. The SMILES string of the molecule is CCOC(=O)c1cc(Cl)c2c(c1C)C(=O)CCS2. The molecule has 2 rings (SSSR count). The minimum absolute atomic E-state index is 0.0503. The average molecular weight is 285 g/mol. The highest BCUT2D eigenvalue weighted by Crippen LogP contribution is 2.39. The lowest BCUT2D eigenvalue weighted by atomic mass is 9.97. The number of carbonyl (C=O) groups is 2. The molecule has 5 heteroatoms. The number of fused-ring (bicyclic) bond motifs is 1. The van der Waals surface area contributed by atoms with Crippen LogP contribution in [0, 0.1) is 6.92 Å². The molecule has 1 aromatic rings. The molecule has 1 heterocycles. The summed E-state index contributed by atoms with van der Waals surface area (Å²) in [6.07, 6.45) is 0.487. The zero-order valence-corrected chi connectivity index (χ0v) is 11.8. The van der Waals surface area contributed by atoms with Crippen molar-refractivity contribution in [2.45, 2.75) is 25.2 Å². The van der Waals surface area contributed by atoms with Gasteiger partial charge in [-0.2, -0.15) is 0 Å². The molecule has 3 nitrogen and oxygen atoms in total. The van der Waals surface area contributed by atoms with Crippen molar-refractivity contribution in [3.63, 3.8) is 0 Å². The van der Waals surface area contributed by atoms with Gasteiger partial charge in [0.1, 0.15) is 0 Å². The highest BCUT2D eigenvalue weighted by molar-refractivity contribution is 7.99. The van der Waals surface area contributed by atoms with Gasteiger partial charge in [0.15, 0.2) is 5.78 Å². The first-order valence-electron chi connectivity index (χ1n) is 5.72. The fraction of sp³-hybridized carbons (Fsp3) is 0.385. The van der Waals surface area contributed by atoms with Crippen LogP contribution in [-0.4, -0.2) is 24.1 Å². The fourth-order valence-electron chi connectivity index (χ4n) is 1.99. The maximum atomic E-state index is 12.0. The molecule has 0 fully saturated rings. The van der Waals surface area contributed by atoms with Crippen molar-refractivity contribution in [3.05, 3.63) is 27.8 Å². The Balaban J connectivity index is 2.58. The lowest BCUT2D eigenvalue weighted by Crippen LogP contribution is -2.15. The van der Waals surface area contributed by atoms with Gasteiger partial charge in [-0.3, -0.25) is 4.79 Å². The quantitative estimate of drug-likeness (QED) is 0.780. The van der Waals surface area contributed by atoms with Gasteiger partial charge in [-0.1, -0.05) is 11.6 Å². The second-order valence-corrected chi connectivity index (χ2v) is 5.49. The predicted octanol–water partition coefficient (Wildman–Crippen LogP) is 3.50. The molecule has 1 aliphatic heterocycles. The molecule has 1 aliphatic rings. The summed E-state index contributed by atoms with van der Waals surface area (Å²) in [4.78, 5) is 24.6. The van der Waals surface area contributed by atoms with Gasteiger partial charge in [0.05, 0.1) is 17.2 Å². The van der Waals surface area contributed by atoms with Crippen LogP contribution in [0.5, 0.6) is 0 Å². The van der Waals surface area contributed by atoms with E-state index < -0.39 is 5.97 Å². The first-order chi connectivity index (χ1) is 8.56. The Labute approximate surface area is 115 Å². The molecule has 0 radical (unpaired) electrons. The third-order valence-corrected chi connectivity index (χ3v) is 4.37. The first-order valence-corrected chi connectivity index (χ1v) is 7.08. The molecule has 18 heavy (non-hydrogen) atoms. The second-order valence-electron chi connectivity index (χ2n) is 3.98. The van der Waals surface area contributed by atoms with Gasteiger partial charge in [0, 0.05) is 22.6 Å². The second kappa shape index (κ2) is 5.33. The number of ether oxygens (including phenoxy) is 1. The van der Waals surface area contributed by atoms with E-state index in [2.05, 4.69) is 0 Å². The van der Waals surface area contributed by atoms with Crippen molar-refractivity contribution in [2.24, 2.45) is 0 Å². The first kappa shape index (κ1) is 13.4. The minimum Gasteiger partial charge on any atom is -0.462 e. The lowest BCUT2D eigenvalue weighted by Gasteiger charge is -2.19. The van der Waals surface area contributed by atoms with E-state index in [9.17, 15) is 9.59 Å². The standard InChI is InChI=1S/C13H13ClO3S/c1-3-17-13(16)8-6-9(14)12-11(7(8)2)10(15)4-5-18-12/h6H,3-5H2,1-2H3. The molecule has 0 aliphatic carbocycles. The minimum atomic E-state index is -0.428. The molecule has 0 bridgehead atoms. The summed E-state index contributed by atoms with van der Waals surface area (Å²) < 4.78 is 4.97. The zero-order valence-electron chi connectivity index (χ0n) is 10.2. The zero-order chi connectivity index (χ0) is 13.3. The van der Waals surface area contributed by atoms with Crippen molar-refractivity contribution in [1.29, 1.82) is 0 Å². The van der Waals surface area contributed by atoms with Crippen LogP contribution < -0.4 is 0 Å². The van der Waals surface area contributed by atoms with E-state index in [1.807, 2.05) is 0 Å². The number of hydrogen-bond acceptors (Lipinski definition) is 4. The maximum absolute atomic E-state index is 12.0. The van der Waals surface area contributed by atoms with Gasteiger partial charge in [-0.05, 0) is 25.5 Å². The van der Waals surface area contributed by atoms with Crippen LogP contribution >= 0.6 is 23.4 Å². The molecule has 1 aromatic carbocycles. The van der Waals surface area contributed by atoms with E-state index in [1.54, 1.807) is 31.7 Å². The van der Waals surface area contributed by atoms with E-state index in [1.165, 1.54) is 0 Å². The molecule has 0 amide bonds. The Hall–Kier alpha value is -1.000. The monoisotopic (exact) mass is 284 g/mol. The topological polar surface area (TPSA) is 43.4 Å². The Kier molecular flexibility index (Phi) is 3.97. The number of carbonyl (C=O) groups excluding carboxylic acids is 2. The summed E-state index contributed by atoms with van der Waals surface area (Å²) >= 11 is 7.71. The maximum Gasteiger partial charge on any atom is 0.338 e. The van der Waals surface area contributed by atoms with Gasteiger partial charge in [0.2, 0.25) is 0 Å². The summed E-state index contributed by atoms with van der Waals surface area (Å²) in [5.74, 6) is 0.362. The molecule has 0 N–H and O–H groups in total. The van der Waals surface area contributed by atoms with E-state index >= 15 is 0 Å². The van der Waals surface area contributed by atoms with Gasteiger partial charge >= 0.3 is 5.97 Å². The van der Waals surface area contributed by atoms with Crippen molar-refractivity contribution < 1.29 is 14.3 Å². The number of thioether (sulfide) groups is 1. The van der Waals surface area contributed by atoms with Crippen LogP contribution in [0.2, 0.25) is 5.02 Å². The number of rotatable bonds is 2. The van der Waals surface area contributed by atoms with Gasteiger partial charge < -0.3 is 4.74 Å². The summed E-state index contributed by atoms with van der Waals surface area (Å²) in [7, 11) is 0. The molecule has 0 aromatic heterocycles. The number of ketones is 1. The van der Waals surface area contributed by atoms with Crippen molar-refractivity contribution in [3.8, 4) is 0 Å². The number of halogens is 1. The Bertz CT molecular complexity index is 525. The highest BCUT2D eigenvalue weighted by Gasteiger charge is 2.26. The van der Waals surface area contributed by atoms with E-state index in [-0.39, 0.29) is 5.78 Å². The predicted molar refractivity (Wildman–Crippen MR) is 71.8 cm³/mol. The molecule has 0 saturated carbocycles. The van der Waals surface area contributed by atoms with Crippen LogP contribution in [0.15, 0.2) is 11.0 Å². The number of benzene rings is 1. The van der Waals surface area contributed by atoms with Crippen LogP contribution in [0.25, 0.3) is 0 Å². The van der Waals surface area contributed by atoms with Crippen LogP contribution in [0.4, 0.5) is 0 Å².